The standard InChI is InChI=1S/C32H31O2P/c1-4-27-25-19-12-14-22(3)30(25)32(33-27)31-26(28(5-2)34-32)20-13-21-29(31)35(23-15-8-6-9-16-23)24-17-10-7-11-18-24/h6-21,27-28H,4-5H2,1-3H3/t27-,28-,32-/m0/s1. The van der Waals surface area contributed by atoms with E-state index in [4.69, 9.17) is 9.47 Å². The SMILES string of the molecule is CC[C@@H]1O[C@]2(O[C@@H](CC)c3cccc(P(c4ccccc4)c4ccccc4)c32)c2c(C)cccc21. The molecule has 3 atom stereocenters. The molecule has 0 saturated heterocycles. The summed E-state index contributed by atoms with van der Waals surface area (Å²) in [4.78, 5) is 0. The fraction of sp³-hybridized carbons (Fsp3) is 0.250. The van der Waals surface area contributed by atoms with Crippen LogP contribution in [-0.4, -0.2) is 0 Å². The molecule has 1 spiro atoms. The Morgan fingerprint density at radius 2 is 1.14 bits per heavy atom. The molecule has 0 fully saturated rings. The average molecular weight is 479 g/mol. The van der Waals surface area contributed by atoms with E-state index in [9.17, 15) is 0 Å². The largest absolute Gasteiger partial charge is 0.334 e. The van der Waals surface area contributed by atoms with E-state index in [0.717, 1.165) is 12.8 Å². The summed E-state index contributed by atoms with van der Waals surface area (Å²) in [5.41, 5.74) is 6.23. The molecule has 6 rings (SSSR count). The molecule has 2 heterocycles. The van der Waals surface area contributed by atoms with Crippen LogP contribution in [0.4, 0.5) is 0 Å². The van der Waals surface area contributed by atoms with Crippen molar-refractivity contribution in [1.29, 1.82) is 0 Å². The van der Waals surface area contributed by atoms with Crippen LogP contribution in [0.5, 0.6) is 0 Å². The highest BCUT2D eigenvalue weighted by molar-refractivity contribution is 7.79. The second kappa shape index (κ2) is 9.03. The minimum atomic E-state index is -0.863. The van der Waals surface area contributed by atoms with Gasteiger partial charge in [0.1, 0.15) is 0 Å². The number of ether oxygens (including phenoxy) is 2. The predicted molar refractivity (Wildman–Crippen MR) is 145 cm³/mol. The second-order valence-corrected chi connectivity index (χ2v) is 11.6. The number of aryl methyl sites for hydroxylation is 1. The summed E-state index contributed by atoms with van der Waals surface area (Å²) in [6.45, 7) is 6.61. The summed E-state index contributed by atoms with van der Waals surface area (Å²) in [5, 5.41) is 4.01. The monoisotopic (exact) mass is 478 g/mol. The maximum Gasteiger partial charge on any atom is 0.225 e. The summed E-state index contributed by atoms with van der Waals surface area (Å²) in [7, 11) is -0.792. The summed E-state index contributed by atoms with van der Waals surface area (Å²) < 4.78 is 14.0. The predicted octanol–water partition coefficient (Wildman–Crippen LogP) is 6.92. The van der Waals surface area contributed by atoms with Gasteiger partial charge in [0, 0.05) is 11.1 Å². The Hall–Kier alpha value is -2.77. The van der Waals surface area contributed by atoms with Crippen molar-refractivity contribution < 1.29 is 9.47 Å². The molecular weight excluding hydrogens is 447 g/mol. The molecule has 0 radical (unpaired) electrons. The average Bonchev–Trinajstić information content (AvgIpc) is 3.41. The molecule has 2 aliphatic rings. The molecule has 3 heteroatoms. The minimum absolute atomic E-state index is 0.0106. The van der Waals surface area contributed by atoms with E-state index < -0.39 is 13.7 Å². The summed E-state index contributed by atoms with van der Waals surface area (Å²) in [5.74, 6) is -0.863. The van der Waals surface area contributed by atoms with E-state index in [1.807, 2.05) is 0 Å². The Bertz CT molecular complexity index is 1310. The van der Waals surface area contributed by atoms with Crippen molar-refractivity contribution in [2.45, 2.75) is 51.6 Å². The lowest BCUT2D eigenvalue weighted by Crippen LogP contribution is -2.34. The van der Waals surface area contributed by atoms with Gasteiger partial charge in [-0.05, 0) is 60.3 Å². The van der Waals surface area contributed by atoms with Crippen LogP contribution in [-0.2, 0) is 15.3 Å². The highest BCUT2D eigenvalue weighted by Gasteiger charge is 2.56. The van der Waals surface area contributed by atoms with Crippen molar-refractivity contribution in [2.75, 3.05) is 0 Å². The Kier molecular flexibility index (Phi) is 5.85. The fourth-order valence-electron chi connectivity index (χ4n) is 5.88. The highest BCUT2D eigenvalue weighted by Crippen LogP contribution is 2.59. The van der Waals surface area contributed by atoms with Crippen molar-refractivity contribution >= 4 is 23.8 Å². The third-order valence-electron chi connectivity index (χ3n) is 7.36. The zero-order chi connectivity index (χ0) is 24.0. The van der Waals surface area contributed by atoms with Crippen LogP contribution in [0.2, 0.25) is 0 Å². The third-order valence-corrected chi connectivity index (χ3v) is 9.84. The van der Waals surface area contributed by atoms with Crippen molar-refractivity contribution in [3.05, 3.63) is 125 Å². The normalized spacial score (nSPS) is 22.5. The Labute approximate surface area is 209 Å². The first-order valence-corrected chi connectivity index (χ1v) is 14.0. The van der Waals surface area contributed by atoms with E-state index in [1.165, 1.54) is 43.7 Å². The van der Waals surface area contributed by atoms with Gasteiger partial charge in [-0.3, -0.25) is 0 Å². The summed E-state index contributed by atoms with van der Waals surface area (Å²) >= 11 is 0. The van der Waals surface area contributed by atoms with Gasteiger partial charge in [0.2, 0.25) is 5.79 Å². The molecule has 4 aromatic rings. The molecule has 0 amide bonds. The van der Waals surface area contributed by atoms with Gasteiger partial charge in [0.05, 0.1) is 12.2 Å². The molecule has 176 valence electrons. The molecule has 0 N–H and O–H groups in total. The van der Waals surface area contributed by atoms with Gasteiger partial charge in [-0.1, -0.05) is 111 Å². The number of hydrogen-bond acceptors (Lipinski definition) is 2. The number of benzene rings is 4. The molecule has 2 aliphatic heterocycles. The zero-order valence-corrected chi connectivity index (χ0v) is 21.5. The van der Waals surface area contributed by atoms with Crippen LogP contribution in [0.3, 0.4) is 0 Å². The van der Waals surface area contributed by atoms with Gasteiger partial charge < -0.3 is 9.47 Å². The lowest BCUT2D eigenvalue weighted by Gasteiger charge is -2.31. The topological polar surface area (TPSA) is 18.5 Å². The minimum Gasteiger partial charge on any atom is -0.334 e. The molecule has 0 bridgehead atoms. The molecule has 35 heavy (non-hydrogen) atoms. The van der Waals surface area contributed by atoms with E-state index >= 15 is 0 Å². The Morgan fingerprint density at radius 3 is 1.69 bits per heavy atom. The van der Waals surface area contributed by atoms with Crippen molar-refractivity contribution in [1.82, 2.24) is 0 Å². The van der Waals surface area contributed by atoms with Gasteiger partial charge in [-0.15, -0.1) is 0 Å². The molecule has 0 aromatic heterocycles. The number of rotatable bonds is 5. The fourth-order valence-corrected chi connectivity index (χ4v) is 8.41. The quantitative estimate of drug-likeness (QED) is 0.290. The Morgan fingerprint density at radius 1 is 0.629 bits per heavy atom. The van der Waals surface area contributed by atoms with E-state index in [1.54, 1.807) is 0 Å². The van der Waals surface area contributed by atoms with Gasteiger partial charge in [-0.25, -0.2) is 0 Å². The maximum absolute atomic E-state index is 7.02. The first kappa shape index (κ1) is 22.7. The summed E-state index contributed by atoms with van der Waals surface area (Å²) in [6, 6.07) is 35.2. The number of fused-ring (bicyclic) bond motifs is 4. The first-order valence-electron chi connectivity index (χ1n) is 12.7. The maximum atomic E-state index is 7.02. The van der Waals surface area contributed by atoms with Gasteiger partial charge in [0.25, 0.3) is 0 Å². The van der Waals surface area contributed by atoms with E-state index in [-0.39, 0.29) is 12.2 Å². The molecule has 2 nitrogen and oxygen atoms in total. The van der Waals surface area contributed by atoms with Crippen LogP contribution >= 0.6 is 7.92 Å². The molecular formula is C32H31O2P. The zero-order valence-electron chi connectivity index (χ0n) is 20.6. The third kappa shape index (κ3) is 3.51. The van der Waals surface area contributed by atoms with Crippen LogP contribution in [0.15, 0.2) is 97.1 Å². The highest BCUT2D eigenvalue weighted by atomic mass is 31.1. The number of hydrogen-bond donors (Lipinski definition) is 0. The smallest absolute Gasteiger partial charge is 0.225 e. The second-order valence-electron chi connectivity index (χ2n) is 9.43. The van der Waals surface area contributed by atoms with Crippen molar-refractivity contribution in [3.8, 4) is 0 Å². The van der Waals surface area contributed by atoms with Crippen molar-refractivity contribution in [3.63, 3.8) is 0 Å². The first-order chi connectivity index (χ1) is 17.2. The van der Waals surface area contributed by atoms with Gasteiger partial charge in [-0.2, -0.15) is 0 Å². The molecule has 0 saturated carbocycles. The van der Waals surface area contributed by atoms with Crippen LogP contribution in [0.25, 0.3) is 0 Å². The van der Waals surface area contributed by atoms with Gasteiger partial charge in [0.15, 0.2) is 0 Å². The molecule has 4 aromatic carbocycles. The van der Waals surface area contributed by atoms with Crippen LogP contribution < -0.4 is 15.9 Å². The lowest BCUT2D eigenvalue weighted by molar-refractivity contribution is -0.235. The lowest BCUT2D eigenvalue weighted by atomic mass is 9.89. The van der Waals surface area contributed by atoms with E-state index in [0.29, 0.717) is 0 Å². The molecule has 0 unspecified atom stereocenters. The Balaban J connectivity index is 1.66. The van der Waals surface area contributed by atoms with Crippen LogP contribution in [0.1, 0.15) is 66.7 Å². The summed E-state index contributed by atoms with van der Waals surface area (Å²) in [6.07, 6.45) is 1.87. The molecule has 0 aliphatic carbocycles. The van der Waals surface area contributed by atoms with Crippen LogP contribution in [0, 0.1) is 6.92 Å². The van der Waals surface area contributed by atoms with Crippen molar-refractivity contribution in [2.24, 2.45) is 0 Å². The van der Waals surface area contributed by atoms with E-state index in [2.05, 4.69) is 118 Å². The van der Waals surface area contributed by atoms with Gasteiger partial charge >= 0.3 is 0 Å².